The topological polar surface area (TPSA) is 114 Å². The van der Waals surface area contributed by atoms with E-state index in [1.165, 1.54) is 36.1 Å². The van der Waals surface area contributed by atoms with E-state index < -0.39 is 38.8 Å². The van der Waals surface area contributed by atoms with Gasteiger partial charge in [-0.05, 0) is 56.7 Å². The van der Waals surface area contributed by atoms with Gasteiger partial charge in [0.05, 0.1) is 32.8 Å². The number of hydrogen-bond donors (Lipinski definition) is 1. The molecule has 0 bridgehead atoms. The van der Waals surface area contributed by atoms with Crippen LogP contribution in [0.4, 0.5) is 23.7 Å². The van der Waals surface area contributed by atoms with Gasteiger partial charge in [0.25, 0.3) is 5.56 Å². The second-order valence-corrected chi connectivity index (χ2v) is 13.5. The van der Waals surface area contributed by atoms with Crippen molar-refractivity contribution >= 4 is 44.1 Å². The fourth-order valence-corrected chi connectivity index (χ4v) is 5.69. The summed E-state index contributed by atoms with van der Waals surface area (Å²) in [6, 6.07) is 5.95. The Morgan fingerprint density at radius 1 is 1.10 bits per heavy atom. The number of nitrogens with zero attached hydrogens (tertiary/aromatic N) is 4. The number of rotatable bonds is 6. The largest absolute Gasteiger partial charge is 0.444 e. The number of ether oxygens (including phenoxy) is 1. The normalized spacial score (nSPS) is 15.2. The fourth-order valence-electron chi connectivity index (χ4n) is 4.49. The molecule has 10 nitrogen and oxygen atoms in total. The first-order valence-electron chi connectivity index (χ1n) is 13.1. The van der Waals surface area contributed by atoms with E-state index >= 15 is 0 Å². The highest BCUT2D eigenvalue weighted by atomic mass is 35.5. The number of sulfone groups is 1. The van der Waals surface area contributed by atoms with Crippen molar-refractivity contribution in [2.24, 2.45) is 0 Å². The number of nitrogens with one attached hydrogen (secondary N) is 1. The van der Waals surface area contributed by atoms with Gasteiger partial charge in [0.1, 0.15) is 11.9 Å². The number of fused-ring (bicyclic) bond motifs is 1. The summed E-state index contributed by atoms with van der Waals surface area (Å²) in [5.41, 5.74) is 0.0737. The quantitative estimate of drug-likeness (QED) is 0.414. The Hall–Kier alpha value is -3.36. The van der Waals surface area contributed by atoms with E-state index in [2.05, 4.69) is 10.4 Å². The summed E-state index contributed by atoms with van der Waals surface area (Å²) >= 11 is 6.04. The average Bonchev–Trinajstić information content (AvgIpc) is 2.89. The van der Waals surface area contributed by atoms with Gasteiger partial charge in [-0.15, -0.1) is 0 Å². The molecule has 1 fully saturated rings. The summed E-state index contributed by atoms with van der Waals surface area (Å²) in [6.45, 7) is 7.88. The maximum atomic E-state index is 14.2. The Kier molecular flexibility index (Phi) is 8.82. The molecule has 0 unspecified atom stereocenters. The van der Waals surface area contributed by atoms with Gasteiger partial charge in [0.2, 0.25) is 0 Å². The molecule has 1 N–H and O–H groups in total. The zero-order valence-electron chi connectivity index (χ0n) is 23.5. The molecule has 3 aromatic rings. The molecule has 0 saturated carbocycles. The summed E-state index contributed by atoms with van der Waals surface area (Å²) < 4.78 is 73.8. The minimum Gasteiger partial charge on any atom is -0.444 e. The number of alkyl halides is 3. The van der Waals surface area contributed by atoms with Crippen molar-refractivity contribution in [3.8, 4) is 0 Å². The standard InChI is InChI=1S/C27H31ClF3N5O5S/c1-5-42(39,40)23-7-6-18(28)13-22(23)33-36-16-32-21-12-17(20(27(29,30)31)14-19(21)24(36)37)15-34-8-10-35(11-9-34)25(38)41-26(2,3)4/h6-7,12-14,16,33H,5,8-11,15H2,1-4H3. The van der Waals surface area contributed by atoms with Gasteiger partial charge in [0, 0.05) is 37.7 Å². The number of amides is 1. The second kappa shape index (κ2) is 11.7. The van der Waals surface area contributed by atoms with Gasteiger partial charge < -0.3 is 9.64 Å². The van der Waals surface area contributed by atoms with Crippen LogP contribution in [0.1, 0.15) is 38.8 Å². The van der Waals surface area contributed by atoms with E-state index in [0.29, 0.717) is 13.1 Å². The number of hydrogen-bond acceptors (Lipinski definition) is 8. The van der Waals surface area contributed by atoms with Crippen molar-refractivity contribution in [2.75, 3.05) is 37.4 Å². The van der Waals surface area contributed by atoms with Crippen LogP contribution in [0.3, 0.4) is 0 Å². The van der Waals surface area contributed by atoms with Gasteiger partial charge in [-0.3, -0.25) is 15.1 Å². The maximum absolute atomic E-state index is 14.2. The molecule has 2 aromatic carbocycles. The minimum atomic E-state index is -4.77. The van der Waals surface area contributed by atoms with Gasteiger partial charge in [-0.25, -0.2) is 22.9 Å². The molecular weight excluding hydrogens is 599 g/mol. The highest BCUT2D eigenvalue weighted by Gasteiger charge is 2.35. The van der Waals surface area contributed by atoms with Crippen LogP contribution in [0.15, 0.2) is 46.3 Å². The van der Waals surface area contributed by atoms with Gasteiger partial charge in [0.15, 0.2) is 9.84 Å². The lowest BCUT2D eigenvalue weighted by atomic mass is 10.0. The van der Waals surface area contributed by atoms with E-state index in [-0.39, 0.29) is 57.5 Å². The molecule has 0 spiro atoms. The van der Waals surface area contributed by atoms with Crippen molar-refractivity contribution in [2.45, 2.75) is 50.9 Å². The van der Waals surface area contributed by atoms with E-state index in [0.717, 1.165) is 17.1 Å². The molecule has 42 heavy (non-hydrogen) atoms. The number of benzene rings is 2. The van der Waals surface area contributed by atoms with Crippen molar-refractivity contribution in [3.63, 3.8) is 0 Å². The van der Waals surface area contributed by atoms with Crippen LogP contribution in [0, 0.1) is 0 Å². The van der Waals surface area contributed by atoms with E-state index in [9.17, 15) is 31.2 Å². The number of carbonyl (C=O) groups is 1. The maximum Gasteiger partial charge on any atom is 0.416 e. The first-order valence-corrected chi connectivity index (χ1v) is 15.1. The van der Waals surface area contributed by atoms with Crippen LogP contribution in [0.2, 0.25) is 5.02 Å². The van der Waals surface area contributed by atoms with Crippen molar-refractivity contribution in [1.82, 2.24) is 19.5 Å². The third kappa shape index (κ3) is 7.16. The van der Waals surface area contributed by atoms with Crippen molar-refractivity contribution in [1.29, 1.82) is 0 Å². The van der Waals surface area contributed by atoms with Crippen LogP contribution in [-0.4, -0.2) is 71.5 Å². The molecule has 228 valence electrons. The molecule has 1 amide bonds. The van der Waals surface area contributed by atoms with E-state index in [4.69, 9.17) is 16.3 Å². The molecule has 1 aliphatic heterocycles. The molecule has 0 atom stereocenters. The van der Waals surface area contributed by atoms with Gasteiger partial charge in [-0.1, -0.05) is 18.5 Å². The van der Waals surface area contributed by atoms with Crippen molar-refractivity contribution in [3.05, 3.63) is 63.2 Å². The third-order valence-corrected chi connectivity index (χ3v) is 8.63. The highest BCUT2D eigenvalue weighted by molar-refractivity contribution is 7.91. The summed E-state index contributed by atoms with van der Waals surface area (Å²) in [5.74, 6) is -0.220. The SMILES string of the molecule is CCS(=O)(=O)c1ccc(Cl)cc1Nn1cnc2cc(CN3CCN(C(=O)OC(C)(C)C)CC3)c(C(F)(F)F)cc2c1=O. The molecule has 1 saturated heterocycles. The minimum absolute atomic E-state index is 0.0224. The first-order chi connectivity index (χ1) is 19.5. The predicted octanol–water partition coefficient (Wildman–Crippen LogP) is 4.79. The number of aromatic nitrogens is 2. The zero-order chi connectivity index (χ0) is 31.0. The third-order valence-electron chi connectivity index (χ3n) is 6.60. The monoisotopic (exact) mass is 629 g/mol. The number of halogens is 4. The predicted molar refractivity (Wildman–Crippen MR) is 152 cm³/mol. The van der Waals surface area contributed by atoms with Crippen LogP contribution in [-0.2, 0) is 27.3 Å². The van der Waals surface area contributed by atoms with Gasteiger partial charge >= 0.3 is 12.3 Å². The summed E-state index contributed by atoms with van der Waals surface area (Å²) in [7, 11) is -3.72. The first kappa shape index (κ1) is 31.6. The Morgan fingerprint density at radius 3 is 2.36 bits per heavy atom. The summed E-state index contributed by atoms with van der Waals surface area (Å²) in [5, 5.41) is -0.122. The Balaban J connectivity index is 1.63. The van der Waals surface area contributed by atoms with Crippen LogP contribution in [0.25, 0.3) is 10.9 Å². The Morgan fingerprint density at radius 2 is 1.76 bits per heavy atom. The molecule has 2 heterocycles. The number of anilines is 1. The van der Waals surface area contributed by atoms with Gasteiger partial charge in [-0.2, -0.15) is 13.2 Å². The molecule has 0 radical (unpaired) electrons. The number of carbonyl (C=O) groups excluding carboxylic acids is 1. The zero-order valence-corrected chi connectivity index (χ0v) is 25.0. The average molecular weight is 630 g/mol. The fraction of sp³-hybridized carbons (Fsp3) is 0.444. The molecule has 1 aromatic heterocycles. The molecule has 4 rings (SSSR count). The Labute approximate surface area is 245 Å². The lowest BCUT2D eigenvalue weighted by molar-refractivity contribution is -0.138. The van der Waals surface area contributed by atoms with E-state index in [1.807, 2.05) is 0 Å². The smallest absolute Gasteiger partial charge is 0.416 e. The molecule has 0 aliphatic carbocycles. The summed E-state index contributed by atoms with van der Waals surface area (Å²) in [4.78, 5) is 33.0. The van der Waals surface area contributed by atoms with Crippen LogP contribution in [0.5, 0.6) is 0 Å². The Bertz CT molecular complexity index is 1660. The lowest BCUT2D eigenvalue weighted by Gasteiger charge is -2.35. The van der Waals surface area contributed by atoms with Crippen LogP contribution >= 0.6 is 11.6 Å². The lowest BCUT2D eigenvalue weighted by Crippen LogP contribution is -2.49. The summed E-state index contributed by atoms with van der Waals surface area (Å²) in [6.07, 6.45) is -4.17. The highest BCUT2D eigenvalue weighted by Crippen LogP contribution is 2.35. The van der Waals surface area contributed by atoms with E-state index in [1.54, 1.807) is 25.7 Å². The number of piperazine rings is 1. The van der Waals surface area contributed by atoms with Crippen LogP contribution < -0.4 is 11.0 Å². The molecular formula is C27H31ClF3N5O5S. The second-order valence-electron chi connectivity index (χ2n) is 10.8. The molecule has 1 aliphatic rings. The molecule has 15 heteroatoms. The van der Waals surface area contributed by atoms with Crippen molar-refractivity contribution < 1.29 is 31.1 Å².